The molecule has 0 saturated carbocycles. The first-order valence-electron chi connectivity index (χ1n) is 2.26. The van der Waals surface area contributed by atoms with Crippen molar-refractivity contribution in [3.63, 3.8) is 0 Å². The predicted octanol–water partition coefficient (Wildman–Crippen LogP) is 1.20. The van der Waals surface area contributed by atoms with Gasteiger partial charge in [0.1, 0.15) is 6.21 Å². The quantitative estimate of drug-likeness (QED) is 0.492. The molecule has 2 nitrogen and oxygen atoms in total. The lowest BCUT2D eigenvalue weighted by molar-refractivity contribution is -0.212. The van der Waals surface area contributed by atoms with Gasteiger partial charge < -0.3 is 4.84 Å². The Bertz CT molecular complexity index is 122. The van der Waals surface area contributed by atoms with E-state index in [0.717, 1.165) is 0 Å². The molecular weight excluding hydrogens is 135 g/mol. The molecule has 0 amide bonds. The van der Waals surface area contributed by atoms with Crippen molar-refractivity contribution < 1.29 is 18.0 Å². The predicted molar refractivity (Wildman–Crippen MR) is 23.0 cm³/mol. The molecule has 9 heavy (non-hydrogen) atoms. The standard InChI is InChI=1S/C4H3F3NO/c5-4(6,7)3-1-2-8-9-3/h3H,1H2. The van der Waals surface area contributed by atoms with Crippen molar-refractivity contribution in [2.45, 2.75) is 18.7 Å². The molecule has 0 aliphatic carbocycles. The van der Waals surface area contributed by atoms with Gasteiger partial charge >= 0.3 is 6.18 Å². The summed E-state index contributed by atoms with van der Waals surface area (Å²) >= 11 is 0. The molecule has 51 valence electrons. The highest BCUT2D eigenvalue weighted by Crippen LogP contribution is 2.26. The number of hydrogen-bond acceptors (Lipinski definition) is 2. The maximum absolute atomic E-state index is 11.5. The Kier molecular flexibility index (Phi) is 1.34. The summed E-state index contributed by atoms with van der Waals surface area (Å²) in [5.41, 5.74) is 0. The number of rotatable bonds is 0. The van der Waals surface area contributed by atoms with Gasteiger partial charge in [0.05, 0.1) is 0 Å². The summed E-state index contributed by atoms with van der Waals surface area (Å²) < 4.78 is 34.6. The third-order valence-electron chi connectivity index (χ3n) is 0.886. The minimum atomic E-state index is -4.30. The number of alkyl halides is 3. The van der Waals surface area contributed by atoms with E-state index < -0.39 is 12.3 Å². The molecule has 0 aromatic rings. The van der Waals surface area contributed by atoms with E-state index in [9.17, 15) is 13.2 Å². The van der Waals surface area contributed by atoms with Crippen molar-refractivity contribution in [3.8, 4) is 0 Å². The normalized spacial score (nSPS) is 26.3. The van der Waals surface area contributed by atoms with Gasteiger partial charge in [-0.05, 0) is 0 Å². The Labute approximate surface area is 49.3 Å². The van der Waals surface area contributed by atoms with Crippen LogP contribution in [0.4, 0.5) is 13.2 Å². The molecular formula is C4H3F3NO. The van der Waals surface area contributed by atoms with Crippen LogP contribution in [0, 0.1) is 0 Å². The zero-order valence-electron chi connectivity index (χ0n) is 4.27. The van der Waals surface area contributed by atoms with Crippen molar-refractivity contribution in [2.75, 3.05) is 0 Å². The van der Waals surface area contributed by atoms with Gasteiger partial charge in [0.15, 0.2) is 0 Å². The first kappa shape index (κ1) is 6.38. The van der Waals surface area contributed by atoms with Crippen molar-refractivity contribution in [1.82, 2.24) is 0 Å². The molecule has 1 aliphatic heterocycles. The Morgan fingerprint density at radius 3 is 2.44 bits per heavy atom. The fourth-order valence-electron chi connectivity index (χ4n) is 0.434. The van der Waals surface area contributed by atoms with Crippen molar-refractivity contribution in [3.05, 3.63) is 0 Å². The highest BCUT2D eigenvalue weighted by atomic mass is 19.4. The SMILES string of the molecule is FC(F)(F)C1C[C]=NO1. The van der Waals surface area contributed by atoms with E-state index in [4.69, 9.17) is 0 Å². The Morgan fingerprint density at radius 2 is 2.22 bits per heavy atom. The number of hydrogen-bond donors (Lipinski definition) is 0. The molecule has 0 spiro atoms. The van der Waals surface area contributed by atoms with Gasteiger partial charge in [-0.25, -0.2) is 0 Å². The van der Waals surface area contributed by atoms with Crippen LogP contribution in [-0.4, -0.2) is 18.5 Å². The Hall–Kier alpha value is -0.740. The van der Waals surface area contributed by atoms with Crippen molar-refractivity contribution >= 4 is 6.21 Å². The van der Waals surface area contributed by atoms with Crippen LogP contribution in [0.1, 0.15) is 6.42 Å². The summed E-state index contributed by atoms with van der Waals surface area (Å²) in [5, 5.41) is 2.86. The molecule has 0 aromatic carbocycles. The van der Waals surface area contributed by atoms with Crippen LogP contribution >= 0.6 is 0 Å². The minimum absolute atomic E-state index is 0.288. The highest BCUT2D eigenvalue weighted by Gasteiger charge is 2.43. The lowest BCUT2D eigenvalue weighted by Gasteiger charge is -2.10. The fourth-order valence-corrected chi connectivity index (χ4v) is 0.434. The molecule has 5 heteroatoms. The molecule has 1 radical (unpaired) electrons. The van der Waals surface area contributed by atoms with E-state index in [1.165, 1.54) is 0 Å². The van der Waals surface area contributed by atoms with Gasteiger partial charge in [-0.3, -0.25) is 0 Å². The first-order chi connectivity index (χ1) is 4.11. The fraction of sp³-hybridized carbons (Fsp3) is 0.750. The van der Waals surface area contributed by atoms with Gasteiger partial charge in [0.25, 0.3) is 0 Å². The van der Waals surface area contributed by atoms with Crippen LogP contribution < -0.4 is 0 Å². The van der Waals surface area contributed by atoms with Crippen LogP contribution in [0.3, 0.4) is 0 Å². The molecule has 1 unspecified atom stereocenters. The zero-order chi connectivity index (χ0) is 6.91. The van der Waals surface area contributed by atoms with E-state index in [1.54, 1.807) is 0 Å². The van der Waals surface area contributed by atoms with Gasteiger partial charge in [-0.2, -0.15) is 13.2 Å². The maximum Gasteiger partial charge on any atom is 0.428 e. The summed E-state index contributed by atoms with van der Waals surface area (Å²) in [6, 6.07) is 0. The molecule has 0 fully saturated rings. The van der Waals surface area contributed by atoms with Gasteiger partial charge in [-0.1, -0.05) is 5.16 Å². The summed E-state index contributed by atoms with van der Waals surface area (Å²) in [4.78, 5) is 3.91. The molecule has 0 aromatic heterocycles. The molecule has 1 aliphatic rings. The largest absolute Gasteiger partial charge is 0.428 e. The third kappa shape index (κ3) is 1.34. The van der Waals surface area contributed by atoms with Gasteiger partial charge in [0.2, 0.25) is 6.10 Å². The van der Waals surface area contributed by atoms with Crippen molar-refractivity contribution in [1.29, 1.82) is 0 Å². The van der Waals surface area contributed by atoms with E-state index in [0.29, 0.717) is 0 Å². The molecule has 0 N–H and O–H groups in total. The van der Waals surface area contributed by atoms with Crippen LogP contribution in [0.5, 0.6) is 0 Å². The lowest BCUT2D eigenvalue weighted by atomic mass is 10.3. The first-order valence-corrected chi connectivity index (χ1v) is 2.26. The topological polar surface area (TPSA) is 21.6 Å². The summed E-state index contributed by atoms with van der Waals surface area (Å²) in [6.07, 6.45) is -4.29. The highest BCUT2D eigenvalue weighted by molar-refractivity contribution is 5.58. The molecule has 0 saturated heterocycles. The summed E-state index contributed by atoms with van der Waals surface area (Å²) in [5.74, 6) is 0. The van der Waals surface area contributed by atoms with Crippen LogP contribution in [0.25, 0.3) is 0 Å². The average Bonchev–Trinajstić information content (AvgIpc) is 2.08. The van der Waals surface area contributed by atoms with E-state index in [2.05, 4.69) is 16.2 Å². The summed E-state index contributed by atoms with van der Waals surface area (Å²) in [7, 11) is 0. The molecule has 0 bridgehead atoms. The van der Waals surface area contributed by atoms with Crippen LogP contribution in [0.2, 0.25) is 0 Å². The smallest absolute Gasteiger partial charge is 0.382 e. The minimum Gasteiger partial charge on any atom is -0.382 e. The van der Waals surface area contributed by atoms with Crippen molar-refractivity contribution in [2.24, 2.45) is 5.16 Å². The average molecular weight is 138 g/mol. The van der Waals surface area contributed by atoms with Gasteiger partial charge in [-0.15, -0.1) is 0 Å². The Morgan fingerprint density at radius 1 is 1.56 bits per heavy atom. The van der Waals surface area contributed by atoms with E-state index in [-0.39, 0.29) is 6.42 Å². The molecule has 1 atom stereocenters. The number of nitrogens with zero attached hydrogens (tertiary/aromatic N) is 1. The lowest BCUT2D eigenvalue weighted by Crippen LogP contribution is -2.27. The van der Waals surface area contributed by atoms with Crippen LogP contribution in [0.15, 0.2) is 5.16 Å². The van der Waals surface area contributed by atoms with Crippen LogP contribution in [-0.2, 0) is 4.84 Å². The summed E-state index contributed by atoms with van der Waals surface area (Å²) in [6.45, 7) is 0. The molecule has 1 rings (SSSR count). The third-order valence-corrected chi connectivity index (χ3v) is 0.886. The zero-order valence-corrected chi connectivity index (χ0v) is 4.27. The molecule has 1 heterocycles. The van der Waals surface area contributed by atoms with E-state index in [1.807, 2.05) is 0 Å². The number of halogens is 3. The second-order valence-corrected chi connectivity index (χ2v) is 1.59. The van der Waals surface area contributed by atoms with E-state index >= 15 is 0 Å². The maximum atomic E-state index is 11.5. The second-order valence-electron chi connectivity index (χ2n) is 1.59. The second kappa shape index (κ2) is 1.89. The van der Waals surface area contributed by atoms with Gasteiger partial charge in [0, 0.05) is 6.42 Å². The monoisotopic (exact) mass is 138 g/mol. The Balaban J connectivity index is 2.46.